The zero-order valence-electron chi connectivity index (χ0n) is 10.4. The van der Waals surface area contributed by atoms with Gasteiger partial charge in [-0.1, -0.05) is 11.6 Å². The SMILES string of the molecule is CS(=O)(=O)c1ccc(Cl)c(NC(=O)c2sccc2N)c1. The van der Waals surface area contributed by atoms with Crippen LogP contribution in [0.25, 0.3) is 0 Å². The molecule has 5 nitrogen and oxygen atoms in total. The van der Waals surface area contributed by atoms with Crippen LogP contribution in [0, 0.1) is 0 Å². The van der Waals surface area contributed by atoms with E-state index in [1.165, 1.54) is 29.5 Å². The van der Waals surface area contributed by atoms with Crippen molar-refractivity contribution >= 4 is 50.1 Å². The fourth-order valence-electron chi connectivity index (χ4n) is 1.51. The van der Waals surface area contributed by atoms with Gasteiger partial charge in [-0.05, 0) is 29.6 Å². The van der Waals surface area contributed by atoms with Crippen molar-refractivity contribution in [1.29, 1.82) is 0 Å². The van der Waals surface area contributed by atoms with Crippen LogP contribution < -0.4 is 11.1 Å². The molecule has 0 atom stereocenters. The first-order valence-corrected chi connectivity index (χ1v) is 8.58. The molecule has 1 amide bonds. The van der Waals surface area contributed by atoms with E-state index >= 15 is 0 Å². The molecule has 106 valence electrons. The van der Waals surface area contributed by atoms with Crippen molar-refractivity contribution in [1.82, 2.24) is 0 Å². The molecule has 0 bridgehead atoms. The summed E-state index contributed by atoms with van der Waals surface area (Å²) in [7, 11) is -3.37. The first-order valence-electron chi connectivity index (χ1n) is 5.43. The normalized spacial score (nSPS) is 11.3. The summed E-state index contributed by atoms with van der Waals surface area (Å²) in [6, 6.07) is 5.74. The summed E-state index contributed by atoms with van der Waals surface area (Å²) in [5.74, 6) is -0.426. The summed E-state index contributed by atoms with van der Waals surface area (Å²) < 4.78 is 23.0. The number of carbonyl (C=O) groups is 1. The molecule has 0 saturated carbocycles. The number of hydrogen-bond donors (Lipinski definition) is 2. The molecule has 0 radical (unpaired) electrons. The number of nitrogens with two attached hydrogens (primary N) is 1. The van der Waals surface area contributed by atoms with Crippen LogP contribution in [0.1, 0.15) is 9.67 Å². The van der Waals surface area contributed by atoms with Gasteiger partial charge in [0.25, 0.3) is 5.91 Å². The topological polar surface area (TPSA) is 89.3 Å². The van der Waals surface area contributed by atoms with Crippen molar-refractivity contribution in [2.24, 2.45) is 0 Å². The third kappa shape index (κ3) is 3.12. The molecule has 0 saturated heterocycles. The molecule has 1 aromatic heterocycles. The second kappa shape index (κ2) is 5.43. The molecular weight excluding hydrogens is 320 g/mol. The van der Waals surface area contributed by atoms with Crippen LogP contribution in [-0.4, -0.2) is 20.6 Å². The van der Waals surface area contributed by atoms with E-state index in [4.69, 9.17) is 17.3 Å². The minimum atomic E-state index is -3.37. The smallest absolute Gasteiger partial charge is 0.267 e. The highest BCUT2D eigenvalue weighted by atomic mass is 35.5. The molecule has 0 fully saturated rings. The van der Waals surface area contributed by atoms with Gasteiger partial charge < -0.3 is 11.1 Å². The van der Waals surface area contributed by atoms with Gasteiger partial charge in [-0.25, -0.2) is 8.42 Å². The predicted octanol–water partition coefficient (Wildman–Crippen LogP) is 2.64. The van der Waals surface area contributed by atoms with Crippen LogP contribution in [0.3, 0.4) is 0 Å². The number of halogens is 1. The van der Waals surface area contributed by atoms with E-state index in [9.17, 15) is 13.2 Å². The second-order valence-electron chi connectivity index (χ2n) is 4.07. The highest BCUT2D eigenvalue weighted by molar-refractivity contribution is 7.90. The summed E-state index contributed by atoms with van der Waals surface area (Å²) >= 11 is 7.15. The Morgan fingerprint density at radius 2 is 2.05 bits per heavy atom. The molecule has 0 aliphatic heterocycles. The first kappa shape index (κ1) is 14.8. The van der Waals surface area contributed by atoms with Gasteiger partial charge >= 0.3 is 0 Å². The van der Waals surface area contributed by atoms with Crippen LogP contribution in [0.15, 0.2) is 34.5 Å². The van der Waals surface area contributed by atoms with Crippen molar-refractivity contribution in [3.8, 4) is 0 Å². The Morgan fingerprint density at radius 3 is 2.60 bits per heavy atom. The Hall–Kier alpha value is -1.57. The molecule has 0 aliphatic carbocycles. The van der Waals surface area contributed by atoms with Gasteiger partial charge in [-0.2, -0.15) is 0 Å². The van der Waals surface area contributed by atoms with Crippen LogP contribution >= 0.6 is 22.9 Å². The summed E-state index contributed by atoms with van der Waals surface area (Å²) in [6.45, 7) is 0. The minimum Gasteiger partial charge on any atom is -0.397 e. The predicted molar refractivity (Wildman–Crippen MR) is 81.2 cm³/mol. The zero-order valence-corrected chi connectivity index (χ0v) is 12.8. The monoisotopic (exact) mass is 330 g/mol. The number of hydrogen-bond acceptors (Lipinski definition) is 5. The maximum Gasteiger partial charge on any atom is 0.267 e. The molecule has 1 aromatic carbocycles. The van der Waals surface area contributed by atoms with Crippen LogP contribution in [-0.2, 0) is 9.84 Å². The average Bonchev–Trinajstić information content (AvgIpc) is 2.77. The number of nitrogens with one attached hydrogen (secondary N) is 1. The molecule has 1 heterocycles. The van der Waals surface area contributed by atoms with Crippen molar-refractivity contribution in [3.05, 3.63) is 39.5 Å². The molecule has 2 aromatic rings. The van der Waals surface area contributed by atoms with E-state index in [1.54, 1.807) is 11.4 Å². The molecular formula is C12H11ClN2O3S2. The number of rotatable bonds is 3. The van der Waals surface area contributed by atoms with E-state index < -0.39 is 15.7 Å². The number of benzene rings is 1. The van der Waals surface area contributed by atoms with Crippen molar-refractivity contribution < 1.29 is 13.2 Å². The number of sulfone groups is 1. The summed E-state index contributed by atoms with van der Waals surface area (Å²) in [5, 5.41) is 4.51. The molecule has 3 N–H and O–H groups in total. The van der Waals surface area contributed by atoms with Gasteiger partial charge in [0.05, 0.1) is 21.3 Å². The molecule has 0 aliphatic rings. The largest absolute Gasteiger partial charge is 0.397 e. The number of thiophene rings is 1. The van der Waals surface area contributed by atoms with Gasteiger partial charge in [0.1, 0.15) is 4.88 Å². The van der Waals surface area contributed by atoms with E-state index in [1.807, 2.05) is 0 Å². The van der Waals surface area contributed by atoms with E-state index in [2.05, 4.69) is 5.32 Å². The van der Waals surface area contributed by atoms with Crippen molar-refractivity contribution in [2.75, 3.05) is 17.3 Å². The highest BCUT2D eigenvalue weighted by Crippen LogP contribution is 2.27. The average molecular weight is 331 g/mol. The number of anilines is 2. The maximum absolute atomic E-state index is 12.0. The highest BCUT2D eigenvalue weighted by Gasteiger charge is 2.15. The number of nitrogen functional groups attached to an aromatic ring is 1. The lowest BCUT2D eigenvalue weighted by Gasteiger charge is -2.08. The molecule has 20 heavy (non-hydrogen) atoms. The number of amides is 1. The van der Waals surface area contributed by atoms with E-state index in [0.29, 0.717) is 10.6 Å². The Balaban J connectivity index is 2.34. The standard InChI is InChI=1S/C12H11ClN2O3S2/c1-20(17,18)7-2-3-8(13)10(6-7)15-12(16)11-9(14)4-5-19-11/h2-6H,14H2,1H3,(H,15,16). The van der Waals surface area contributed by atoms with Gasteiger partial charge in [0.15, 0.2) is 9.84 Å². The van der Waals surface area contributed by atoms with Crippen LogP contribution in [0.5, 0.6) is 0 Å². The zero-order chi connectivity index (χ0) is 14.9. The lowest BCUT2D eigenvalue weighted by atomic mass is 10.3. The Kier molecular flexibility index (Phi) is 4.03. The summed E-state index contributed by atoms with van der Waals surface area (Å²) in [6.07, 6.45) is 1.08. The minimum absolute atomic E-state index is 0.0800. The molecule has 8 heteroatoms. The fraction of sp³-hybridized carbons (Fsp3) is 0.0833. The quantitative estimate of drug-likeness (QED) is 0.905. The van der Waals surface area contributed by atoms with Gasteiger partial charge in [-0.15, -0.1) is 11.3 Å². The number of carbonyl (C=O) groups excluding carboxylic acids is 1. The second-order valence-corrected chi connectivity index (χ2v) is 7.41. The van der Waals surface area contributed by atoms with Crippen molar-refractivity contribution in [3.63, 3.8) is 0 Å². The lowest BCUT2D eigenvalue weighted by molar-refractivity contribution is 0.103. The maximum atomic E-state index is 12.0. The van der Waals surface area contributed by atoms with Crippen molar-refractivity contribution in [2.45, 2.75) is 4.90 Å². The molecule has 0 spiro atoms. The first-order chi connectivity index (χ1) is 9.29. The summed E-state index contributed by atoms with van der Waals surface area (Å²) in [4.78, 5) is 12.5. The van der Waals surface area contributed by atoms with Crippen LogP contribution in [0.2, 0.25) is 5.02 Å². The third-order valence-corrected chi connectivity index (χ3v) is 4.88. The Labute approximate surface area is 125 Å². The van der Waals surface area contributed by atoms with Gasteiger partial charge in [0, 0.05) is 6.26 Å². The lowest BCUT2D eigenvalue weighted by Crippen LogP contribution is -2.12. The summed E-state index contributed by atoms with van der Waals surface area (Å²) in [5.41, 5.74) is 6.25. The van der Waals surface area contributed by atoms with E-state index in [0.717, 1.165) is 6.26 Å². The Morgan fingerprint density at radius 1 is 1.35 bits per heavy atom. The molecule has 2 rings (SSSR count). The van der Waals surface area contributed by atoms with Gasteiger partial charge in [0.2, 0.25) is 0 Å². The Bertz CT molecular complexity index is 769. The van der Waals surface area contributed by atoms with Crippen LogP contribution in [0.4, 0.5) is 11.4 Å². The fourth-order valence-corrected chi connectivity index (χ4v) is 3.04. The third-order valence-electron chi connectivity index (χ3n) is 2.52. The van der Waals surface area contributed by atoms with E-state index in [-0.39, 0.29) is 15.6 Å². The van der Waals surface area contributed by atoms with Gasteiger partial charge in [-0.3, -0.25) is 4.79 Å². The molecule has 0 unspecified atom stereocenters.